The van der Waals surface area contributed by atoms with Gasteiger partial charge in [-0.3, -0.25) is 0 Å². The van der Waals surface area contributed by atoms with Crippen LogP contribution in [0.1, 0.15) is 55.8 Å². The molecule has 6 nitrogen and oxygen atoms in total. The molecule has 3 rings (SSSR count). The Bertz CT molecular complexity index is 559. The minimum Gasteiger partial charge on any atom is -0.354 e. The van der Waals surface area contributed by atoms with Gasteiger partial charge in [-0.25, -0.2) is 9.97 Å². The number of hydrogen-bond acceptors (Lipinski definition) is 6. The summed E-state index contributed by atoms with van der Waals surface area (Å²) in [5, 5.41) is 7.15. The Morgan fingerprint density at radius 2 is 2.05 bits per heavy atom. The van der Waals surface area contributed by atoms with E-state index in [4.69, 9.17) is 4.52 Å². The lowest BCUT2D eigenvalue weighted by Crippen LogP contribution is -2.09. The topological polar surface area (TPSA) is 76.7 Å². The van der Waals surface area contributed by atoms with E-state index in [0.717, 1.165) is 17.3 Å². The van der Waals surface area contributed by atoms with Crippen molar-refractivity contribution in [2.75, 3.05) is 11.9 Å². The fourth-order valence-electron chi connectivity index (χ4n) is 1.88. The maximum absolute atomic E-state index is 5.21. The van der Waals surface area contributed by atoms with Gasteiger partial charge in [0.2, 0.25) is 11.8 Å². The van der Waals surface area contributed by atoms with E-state index < -0.39 is 0 Å². The van der Waals surface area contributed by atoms with Gasteiger partial charge in [0.15, 0.2) is 5.82 Å². The summed E-state index contributed by atoms with van der Waals surface area (Å²) in [6, 6.07) is 0. The van der Waals surface area contributed by atoms with E-state index in [2.05, 4.69) is 39.3 Å². The van der Waals surface area contributed by atoms with Crippen LogP contribution in [0.25, 0.3) is 0 Å². The Hall–Kier alpha value is -1.98. The Kier molecular flexibility index (Phi) is 3.62. The molecule has 2 aromatic rings. The van der Waals surface area contributed by atoms with Crippen LogP contribution in [0.4, 0.5) is 5.95 Å². The van der Waals surface area contributed by atoms with Gasteiger partial charge in [-0.2, -0.15) is 4.98 Å². The third-order valence-electron chi connectivity index (χ3n) is 3.38. The Balaban J connectivity index is 1.48. The summed E-state index contributed by atoms with van der Waals surface area (Å²) in [6.45, 7) is 4.95. The molecule has 0 atom stereocenters. The van der Waals surface area contributed by atoms with E-state index in [-0.39, 0.29) is 0 Å². The molecule has 0 aromatic carbocycles. The first-order chi connectivity index (χ1) is 9.72. The van der Waals surface area contributed by atoms with Crippen molar-refractivity contribution in [3.8, 4) is 0 Å². The zero-order chi connectivity index (χ0) is 13.9. The summed E-state index contributed by atoms with van der Waals surface area (Å²) in [5.41, 5.74) is 1.14. The Morgan fingerprint density at radius 1 is 1.30 bits per heavy atom. The first-order valence-corrected chi connectivity index (χ1v) is 7.10. The second-order valence-corrected chi connectivity index (χ2v) is 5.49. The molecule has 0 spiro atoms. The van der Waals surface area contributed by atoms with Crippen LogP contribution in [0.3, 0.4) is 0 Å². The number of aromatic nitrogens is 4. The summed E-state index contributed by atoms with van der Waals surface area (Å²) >= 11 is 0. The number of anilines is 1. The van der Waals surface area contributed by atoms with E-state index in [1.165, 1.54) is 12.8 Å². The third kappa shape index (κ3) is 3.12. The minimum atomic E-state index is 0.448. The molecule has 2 heterocycles. The van der Waals surface area contributed by atoms with Crippen molar-refractivity contribution >= 4 is 5.95 Å². The Morgan fingerprint density at radius 3 is 2.70 bits per heavy atom. The van der Waals surface area contributed by atoms with Crippen molar-refractivity contribution < 1.29 is 4.52 Å². The summed E-state index contributed by atoms with van der Waals surface area (Å²) in [6.07, 6.45) is 6.79. The van der Waals surface area contributed by atoms with Crippen LogP contribution in [-0.4, -0.2) is 26.7 Å². The van der Waals surface area contributed by atoms with Gasteiger partial charge in [-0.15, -0.1) is 0 Å². The fourth-order valence-corrected chi connectivity index (χ4v) is 1.88. The smallest absolute Gasteiger partial charge is 0.229 e. The van der Waals surface area contributed by atoms with E-state index >= 15 is 0 Å². The molecule has 1 aliphatic carbocycles. The average Bonchev–Trinajstić information content (AvgIpc) is 3.20. The lowest BCUT2D eigenvalue weighted by molar-refractivity contribution is 0.374. The van der Waals surface area contributed by atoms with Gasteiger partial charge in [0.05, 0.1) is 0 Å². The maximum atomic E-state index is 5.21. The molecule has 0 amide bonds. The predicted molar refractivity (Wildman–Crippen MR) is 74.6 cm³/mol. The Labute approximate surface area is 118 Å². The first-order valence-electron chi connectivity index (χ1n) is 7.10. The monoisotopic (exact) mass is 273 g/mol. The highest BCUT2D eigenvalue weighted by Crippen LogP contribution is 2.38. The second kappa shape index (κ2) is 5.56. The molecule has 0 saturated heterocycles. The highest BCUT2D eigenvalue weighted by molar-refractivity contribution is 5.25. The van der Waals surface area contributed by atoms with Crippen molar-refractivity contribution in [1.82, 2.24) is 20.1 Å². The van der Waals surface area contributed by atoms with Gasteiger partial charge in [0.1, 0.15) is 0 Å². The van der Waals surface area contributed by atoms with Crippen molar-refractivity contribution in [1.29, 1.82) is 0 Å². The number of nitrogens with zero attached hydrogens (tertiary/aromatic N) is 4. The lowest BCUT2D eigenvalue weighted by atomic mass is 10.1. The van der Waals surface area contributed by atoms with Crippen molar-refractivity contribution in [2.24, 2.45) is 0 Å². The molecule has 1 saturated carbocycles. The van der Waals surface area contributed by atoms with Crippen molar-refractivity contribution in [3.05, 3.63) is 29.7 Å². The van der Waals surface area contributed by atoms with Gasteiger partial charge >= 0.3 is 0 Å². The molecule has 0 bridgehead atoms. The number of nitrogens with one attached hydrogen (secondary N) is 1. The first kappa shape index (κ1) is 13.0. The maximum Gasteiger partial charge on any atom is 0.229 e. The normalized spacial score (nSPS) is 14.8. The van der Waals surface area contributed by atoms with E-state index in [1.807, 2.05) is 12.4 Å². The molecule has 6 heteroatoms. The summed E-state index contributed by atoms with van der Waals surface area (Å²) < 4.78 is 5.21. The molecule has 2 aromatic heterocycles. The fraction of sp³-hybridized carbons (Fsp3) is 0.571. The minimum absolute atomic E-state index is 0.448. The highest BCUT2D eigenvalue weighted by Gasteiger charge is 2.29. The van der Waals surface area contributed by atoms with E-state index in [0.29, 0.717) is 30.7 Å². The van der Waals surface area contributed by atoms with E-state index in [1.54, 1.807) is 0 Å². The molecule has 20 heavy (non-hydrogen) atoms. The SMILES string of the molecule is CC(C)c1cnc(NCCc2noc(C3CC3)n2)nc1. The summed E-state index contributed by atoms with van der Waals surface area (Å²) in [4.78, 5) is 13.0. The lowest BCUT2D eigenvalue weighted by Gasteiger charge is -2.06. The number of hydrogen-bond donors (Lipinski definition) is 1. The molecule has 106 valence electrons. The van der Waals surface area contributed by atoms with Gasteiger partial charge in [0.25, 0.3) is 0 Å². The zero-order valence-corrected chi connectivity index (χ0v) is 11.8. The van der Waals surface area contributed by atoms with Crippen LogP contribution in [-0.2, 0) is 6.42 Å². The molecule has 1 fully saturated rings. The van der Waals surface area contributed by atoms with Crippen LogP contribution >= 0.6 is 0 Å². The van der Waals surface area contributed by atoms with Crippen molar-refractivity contribution in [2.45, 2.75) is 44.9 Å². The number of rotatable bonds is 6. The largest absolute Gasteiger partial charge is 0.354 e. The van der Waals surface area contributed by atoms with Gasteiger partial charge in [-0.1, -0.05) is 19.0 Å². The predicted octanol–water partition coefficient (Wildman–Crippen LogP) is 2.52. The van der Waals surface area contributed by atoms with Crippen LogP contribution in [0.2, 0.25) is 0 Å². The molecule has 0 aliphatic heterocycles. The summed E-state index contributed by atoms with van der Waals surface area (Å²) in [7, 11) is 0. The van der Waals surface area contributed by atoms with E-state index in [9.17, 15) is 0 Å². The van der Waals surface area contributed by atoms with Gasteiger partial charge in [-0.05, 0) is 24.3 Å². The standard InChI is InChI=1S/C14H19N5O/c1-9(2)11-7-16-14(17-8-11)15-6-5-12-18-13(20-19-12)10-3-4-10/h7-10H,3-6H2,1-2H3,(H,15,16,17). The molecule has 1 aliphatic rings. The summed E-state index contributed by atoms with van der Waals surface area (Å²) in [5.74, 6) is 3.14. The van der Waals surface area contributed by atoms with Gasteiger partial charge < -0.3 is 9.84 Å². The molecule has 0 radical (unpaired) electrons. The van der Waals surface area contributed by atoms with Crippen LogP contribution < -0.4 is 5.32 Å². The third-order valence-corrected chi connectivity index (χ3v) is 3.38. The second-order valence-electron chi connectivity index (χ2n) is 5.49. The molecular weight excluding hydrogens is 254 g/mol. The molecule has 0 unspecified atom stereocenters. The van der Waals surface area contributed by atoms with Crippen molar-refractivity contribution in [3.63, 3.8) is 0 Å². The van der Waals surface area contributed by atoms with Crippen LogP contribution in [0, 0.1) is 0 Å². The van der Waals surface area contributed by atoms with Gasteiger partial charge in [0, 0.05) is 31.3 Å². The van der Waals surface area contributed by atoms with Crippen LogP contribution in [0.5, 0.6) is 0 Å². The van der Waals surface area contributed by atoms with Crippen LogP contribution in [0.15, 0.2) is 16.9 Å². The zero-order valence-electron chi connectivity index (χ0n) is 11.8. The quantitative estimate of drug-likeness (QED) is 0.871. The highest BCUT2D eigenvalue weighted by atomic mass is 16.5. The average molecular weight is 273 g/mol. The molecule has 1 N–H and O–H groups in total. The molecular formula is C14H19N5O.